The molecule has 0 fully saturated rings. The van der Waals surface area contributed by atoms with Crippen molar-refractivity contribution in [3.05, 3.63) is 47.3 Å². The first kappa shape index (κ1) is 12.7. The fourth-order valence-corrected chi connectivity index (χ4v) is 2.53. The maximum Gasteiger partial charge on any atom is 0.272 e. The van der Waals surface area contributed by atoms with Crippen LogP contribution < -0.4 is 10.6 Å². The Bertz CT molecular complexity index is 633. The van der Waals surface area contributed by atoms with Crippen LogP contribution in [0.5, 0.6) is 0 Å². The van der Waals surface area contributed by atoms with Crippen LogP contribution in [0.15, 0.2) is 30.5 Å². The molecule has 20 heavy (non-hydrogen) atoms. The van der Waals surface area contributed by atoms with Crippen LogP contribution in [0, 0.1) is 0 Å². The number of amides is 1. The average molecular weight is 270 g/mol. The molecular formula is C15H18N4O. The third-order valence-corrected chi connectivity index (χ3v) is 3.55. The van der Waals surface area contributed by atoms with Gasteiger partial charge in [-0.3, -0.25) is 9.48 Å². The van der Waals surface area contributed by atoms with Gasteiger partial charge >= 0.3 is 0 Å². The molecule has 1 aromatic carbocycles. The molecule has 2 aromatic rings. The number of carbonyl (C=O) groups is 1. The van der Waals surface area contributed by atoms with E-state index in [1.807, 2.05) is 6.07 Å². The number of hydrogen-bond acceptors (Lipinski definition) is 3. The standard InChI is InChI=1S/C15H18N4O/c1-19-9-7-13(18-19)15(20)17-10-12-5-2-4-11-6-3-8-16-14(11)12/h2,4-5,7,9,16H,3,6,8,10H2,1H3,(H,17,20). The van der Waals surface area contributed by atoms with E-state index in [1.54, 1.807) is 24.0 Å². The van der Waals surface area contributed by atoms with E-state index < -0.39 is 0 Å². The van der Waals surface area contributed by atoms with E-state index in [9.17, 15) is 4.79 Å². The SMILES string of the molecule is Cn1ccc(C(=O)NCc2cccc3c2NCCC3)n1. The number of nitrogens with zero attached hydrogens (tertiary/aromatic N) is 2. The smallest absolute Gasteiger partial charge is 0.272 e. The summed E-state index contributed by atoms with van der Waals surface area (Å²) in [6.45, 7) is 1.52. The zero-order valence-corrected chi connectivity index (χ0v) is 11.5. The monoisotopic (exact) mass is 270 g/mol. The van der Waals surface area contributed by atoms with Gasteiger partial charge in [-0.2, -0.15) is 5.10 Å². The predicted molar refractivity (Wildman–Crippen MR) is 77.6 cm³/mol. The summed E-state index contributed by atoms with van der Waals surface area (Å²) in [5.41, 5.74) is 4.10. The maximum atomic E-state index is 12.0. The number of carbonyl (C=O) groups excluding carboxylic acids is 1. The van der Waals surface area contributed by atoms with E-state index in [0.717, 1.165) is 24.9 Å². The van der Waals surface area contributed by atoms with E-state index in [-0.39, 0.29) is 5.91 Å². The molecule has 2 heterocycles. The van der Waals surface area contributed by atoms with Crippen molar-refractivity contribution >= 4 is 11.6 Å². The van der Waals surface area contributed by atoms with Crippen LogP contribution in [0.3, 0.4) is 0 Å². The highest BCUT2D eigenvalue weighted by atomic mass is 16.1. The van der Waals surface area contributed by atoms with E-state index in [1.165, 1.54) is 11.3 Å². The lowest BCUT2D eigenvalue weighted by Crippen LogP contribution is -2.25. The second-order valence-corrected chi connectivity index (χ2v) is 5.04. The molecule has 0 radical (unpaired) electrons. The summed E-state index contributed by atoms with van der Waals surface area (Å²) in [7, 11) is 1.80. The highest BCUT2D eigenvalue weighted by molar-refractivity contribution is 5.92. The number of fused-ring (bicyclic) bond motifs is 1. The zero-order chi connectivity index (χ0) is 13.9. The molecule has 104 valence electrons. The second-order valence-electron chi connectivity index (χ2n) is 5.04. The number of para-hydroxylation sites is 1. The molecule has 0 bridgehead atoms. The van der Waals surface area contributed by atoms with Crippen LogP contribution in [-0.4, -0.2) is 22.2 Å². The first-order valence-electron chi connectivity index (χ1n) is 6.86. The van der Waals surface area contributed by atoms with Crippen molar-refractivity contribution < 1.29 is 4.79 Å². The van der Waals surface area contributed by atoms with Crippen LogP contribution in [0.2, 0.25) is 0 Å². The van der Waals surface area contributed by atoms with Gasteiger partial charge in [0.05, 0.1) is 0 Å². The minimum absolute atomic E-state index is 0.140. The van der Waals surface area contributed by atoms with Gasteiger partial charge in [-0.25, -0.2) is 0 Å². The molecule has 0 aliphatic carbocycles. The van der Waals surface area contributed by atoms with Crippen molar-refractivity contribution in [3.8, 4) is 0 Å². The Labute approximate surface area is 118 Å². The number of rotatable bonds is 3. The van der Waals surface area contributed by atoms with E-state index in [0.29, 0.717) is 12.2 Å². The molecule has 0 unspecified atom stereocenters. The molecule has 3 rings (SSSR count). The Kier molecular flexibility index (Phi) is 3.41. The number of nitrogens with one attached hydrogen (secondary N) is 2. The van der Waals surface area contributed by atoms with Gasteiger partial charge in [0.1, 0.15) is 5.69 Å². The van der Waals surface area contributed by atoms with Gasteiger partial charge in [-0.15, -0.1) is 0 Å². The Morgan fingerprint density at radius 1 is 1.45 bits per heavy atom. The molecule has 1 aliphatic rings. The fourth-order valence-electron chi connectivity index (χ4n) is 2.53. The van der Waals surface area contributed by atoms with Crippen molar-refractivity contribution in [1.29, 1.82) is 0 Å². The van der Waals surface area contributed by atoms with Gasteiger partial charge in [-0.05, 0) is 30.0 Å². The third kappa shape index (κ3) is 2.52. The molecule has 5 heteroatoms. The number of aryl methyl sites for hydroxylation is 2. The molecule has 1 aromatic heterocycles. The summed E-state index contributed by atoms with van der Waals surface area (Å²) >= 11 is 0. The van der Waals surface area contributed by atoms with Gasteiger partial charge in [-0.1, -0.05) is 18.2 Å². The fraction of sp³-hybridized carbons (Fsp3) is 0.333. The van der Waals surface area contributed by atoms with Crippen LogP contribution >= 0.6 is 0 Å². The first-order chi connectivity index (χ1) is 9.74. The summed E-state index contributed by atoms with van der Waals surface area (Å²) in [6, 6.07) is 7.96. The summed E-state index contributed by atoms with van der Waals surface area (Å²) in [5.74, 6) is -0.140. The van der Waals surface area contributed by atoms with Gasteiger partial charge in [0.25, 0.3) is 5.91 Å². The third-order valence-electron chi connectivity index (χ3n) is 3.55. The van der Waals surface area contributed by atoms with Crippen molar-refractivity contribution in [2.75, 3.05) is 11.9 Å². The normalized spacial score (nSPS) is 13.4. The van der Waals surface area contributed by atoms with Crippen LogP contribution in [-0.2, 0) is 20.0 Å². The van der Waals surface area contributed by atoms with Gasteiger partial charge in [0.15, 0.2) is 0 Å². The summed E-state index contributed by atoms with van der Waals surface area (Å²) < 4.78 is 1.63. The van der Waals surface area contributed by atoms with E-state index in [4.69, 9.17) is 0 Å². The van der Waals surface area contributed by atoms with Crippen molar-refractivity contribution in [2.45, 2.75) is 19.4 Å². The summed E-state index contributed by atoms with van der Waals surface area (Å²) in [4.78, 5) is 12.0. The number of anilines is 1. The second kappa shape index (κ2) is 5.36. The van der Waals surface area contributed by atoms with Crippen LogP contribution in [0.1, 0.15) is 28.0 Å². The van der Waals surface area contributed by atoms with Gasteiger partial charge in [0, 0.05) is 32.0 Å². The molecule has 2 N–H and O–H groups in total. The average Bonchev–Trinajstić information content (AvgIpc) is 2.91. The molecule has 0 atom stereocenters. The van der Waals surface area contributed by atoms with E-state index >= 15 is 0 Å². The Balaban J connectivity index is 1.71. The zero-order valence-electron chi connectivity index (χ0n) is 11.5. The highest BCUT2D eigenvalue weighted by Gasteiger charge is 2.14. The molecule has 1 aliphatic heterocycles. The highest BCUT2D eigenvalue weighted by Crippen LogP contribution is 2.25. The van der Waals surface area contributed by atoms with Gasteiger partial charge < -0.3 is 10.6 Å². The Morgan fingerprint density at radius 3 is 3.15 bits per heavy atom. The first-order valence-corrected chi connectivity index (χ1v) is 6.86. The van der Waals surface area contributed by atoms with Gasteiger partial charge in [0.2, 0.25) is 0 Å². The van der Waals surface area contributed by atoms with Crippen molar-refractivity contribution in [2.24, 2.45) is 7.05 Å². The summed E-state index contributed by atoms with van der Waals surface area (Å²) in [5, 5.41) is 10.5. The number of hydrogen-bond donors (Lipinski definition) is 2. The minimum Gasteiger partial charge on any atom is -0.385 e. The summed E-state index contributed by atoms with van der Waals surface area (Å²) in [6.07, 6.45) is 4.03. The van der Waals surface area contributed by atoms with Crippen molar-refractivity contribution in [1.82, 2.24) is 15.1 Å². The molecular weight excluding hydrogens is 252 g/mol. The van der Waals surface area contributed by atoms with Crippen molar-refractivity contribution in [3.63, 3.8) is 0 Å². The Morgan fingerprint density at radius 2 is 2.35 bits per heavy atom. The lowest BCUT2D eigenvalue weighted by molar-refractivity contribution is 0.0945. The van der Waals surface area contributed by atoms with Crippen LogP contribution in [0.4, 0.5) is 5.69 Å². The van der Waals surface area contributed by atoms with E-state index in [2.05, 4.69) is 27.9 Å². The minimum atomic E-state index is -0.140. The largest absolute Gasteiger partial charge is 0.385 e. The molecule has 0 saturated carbocycles. The lowest BCUT2D eigenvalue weighted by atomic mass is 9.99. The quantitative estimate of drug-likeness (QED) is 0.892. The Hall–Kier alpha value is -2.30. The predicted octanol–water partition coefficient (Wildman–Crippen LogP) is 1.71. The topological polar surface area (TPSA) is 59.0 Å². The number of benzene rings is 1. The molecule has 1 amide bonds. The molecule has 5 nitrogen and oxygen atoms in total. The molecule has 0 spiro atoms. The maximum absolute atomic E-state index is 12.0. The number of aromatic nitrogens is 2. The lowest BCUT2D eigenvalue weighted by Gasteiger charge is -2.21. The van der Waals surface area contributed by atoms with Crippen LogP contribution in [0.25, 0.3) is 0 Å². The molecule has 0 saturated heterocycles.